The van der Waals surface area contributed by atoms with Gasteiger partial charge in [-0.2, -0.15) is 0 Å². The first-order valence-electron chi connectivity index (χ1n) is 21.8. The molecule has 0 aliphatic carbocycles. The first kappa shape index (κ1) is 49.4. The fourth-order valence-electron chi connectivity index (χ4n) is 8.29. The van der Waals surface area contributed by atoms with Crippen LogP contribution in [-0.4, -0.2) is 125 Å². The molecule has 2 heterocycles. The highest BCUT2D eigenvalue weighted by Gasteiger charge is 2.40. The van der Waals surface area contributed by atoms with Gasteiger partial charge in [0.15, 0.2) is 0 Å². The van der Waals surface area contributed by atoms with Crippen LogP contribution in [0.5, 0.6) is 11.5 Å². The molecule has 354 valence electrons. The molecule has 1 saturated heterocycles. The number of methoxy groups -OCH3 is 1. The number of aliphatic hydroxyl groups is 1. The van der Waals surface area contributed by atoms with Gasteiger partial charge in [-0.05, 0) is 110 Å². The number of fused-ring (bicyclic) bond motifs is 5. The number of amides is 7. The van der Waals surface area contributed by atoms with Crippen molar-refractivity contribution in [3.05, 3.63) is 107 Å². The third-order valence-corrected chi connectivity index (χ3v) is 12.2. The summed E-state index contributed by atoms with van der Waals surface area (Å²) in [6.07, 6.45) is 0.00628. The molecule has 1 fully saturated rings. The van der Waals surface area contributed by atoms with E-state index in [0.717, 1.165) is 16.0 Å². The van der Waals surface area contributed by atoms with Crippen LogP contribution in [0, 0.1) is 0 Å². The van der Waals surface area contributed by atoms with E-state index in [9.17, 15) is 43.8 Å². The highest BCUT2D eigenvalue weighted by atomic mass is 35.5. The zero-order chi connectivity index (χ0) is 48.5. The summed E-state index contributed by atoms with van der Waals surface area (Å²) in [6, 6.07) is 16.9. The topological polar surface area (TPSA) is 276 Å². The number of ether oxygens (including phenoxy) is 1. The van der Waals surface area contributed by atoms with Crippen molar-refractivity contribution in [1.82, 2.24) is 31.1 Å². The average molecular weight is 939 g/mol. The van der Waals surface area contributed by atoms with Gasteiger partial charge >= 0.3 is 0 Å². The number of carbonyl (C=O) groups excluding carboxylic acids is 7. The summed E-state index contributed by atoms with van der Waals surface area (Å²) in [5.41, 5.74) is 14.5. The molecule has 19 heteroatoms. The molecule has 0 saturated carbocycles. The largest absolute Gasteiger partial charge is 0.507 e. The maximum absolute atomic E-state index is 14.7. The summed E-state index contributed by atoms with van der Waals surface area (Å²) < 4.78 is 5.69. The van der Waals surface area contributed by atoms with Crippen LogP contribution < -0.4 is 37.5 Å². The number of hydrogen-bond acceptors (Lipinski definition) is 11. The molecule has 4 bridgehead atoms. The second-order valence-electron chi connectivity index (χ2n) is 16.6. The van der Waals surface area contributed by atoms with Gasteiger partial charge in [-0.25, -0.2) is 0 Å². The van der Waals surface area contributed by atoms with Crippen molar-refractivity contribution >= 4 is 53.0 Å². The fourth-order valence-corrected chi connectivity index (χ4v) is 8.42. The van der Waals surface area contributed by atoms with Gasteiger partial charge in [-0.15, -0.1) is 0 Å². The lowest BCUT2D eigenvalue weighted by atomic mass is 9.93. The van der Waals surface area contributed by atoms with Crippen LogP contribution >= 0.6 is 11.6 Å². The Labute approximate surface area is 392 Å². The summed E-state index contributed by atoms with van der Waals surface area (Å²) in [6.45, 7) is 1.18. The van der Waals surface area contributed by atoms with Crippen molar-refractivity contribution in [2.24, 2.45) is 11.5 Å². The number of phenols is 1. The number of phenolic OH excluding ortho intramolecular Hbond substituents is 1. The number of carbonyl (C=O) groups is 7. The van der Waals surface area contributed by atoms with Crippen LogP contribution in [0.4, 0.5) is 0 Å². The number of nitrogens with one attached hydrogen (secondary N) is 4. The lowest BCUT2D eigenvalue weighted by molar-refractivity contribution is -0.141. The van der Waals surface area contributed by atoms with E-state index >= 15 is 0 Å². The third-order valence-electron chi connectivity index (χ3n) is 12.0. The summed E-state index contributed by atoms with van der Waals surface area (Å²) in [5.74, 6) is -5.01. The molecule has 10 N–H and O–H groups in total. The number of likely N-dealkylation sites (tertiary alicyclic amines) is 1. The molecule has 4 aromatic rings. The summed E-state index contributed by atoms with van der Waals surface area (Å²) in [5, 5.41) is 32.7. The van der Waals surface area contributed by atoms with Crippen LogP contribution in [-0.2, 0) is 35.2 Å². The zero-order valence-electron chi connectivity index (χ0n) is 37.3. The van der Waals surface area contributed by atoms with E-state index in [2.05, 4.69) is 21.3 Å². The van der Waals surface area contributed by atoms with Crippen molar-refractivity contribution in [2.75, 3.05) is 33.8 Å². The number of nitrogens with zero attached hydrogens (tertiary/aromatic N) is 2. The number of likely N-dealkylation sites (N-methyl/N-ethyl adjacent to an activating group) is 1. The normalized spacial score (nSPS) is 19.8. The Morgan fingerprint density at radius 3 is 2.27 bits per heavy atom. The number of primary amides is 1. The maximum Gasteiger partial charge on any atom is 0.251 e. The van der Waals surface area contributed by atoms with Crippen LogP contribution in [0.1, 0.15) is 60.1 Å². The predicted molar refractivity (Wildman–Crippen MR) is 248 cm³/mol. The van der Waals surface area contributed by atoms with Crippen molar-refractivity contribution in [1.29, 1.82) is 0 Å². The molecule has 67 heavy (non-hydrogen) atoms. The molecular formula is C48H55ClN8O10. The van der Waals surface area contributed by atoms with E-state index in [4.69, 9.17) is 27.8 Å². The Balaban J connectivity index is 1.30. The van der Waals surface area contributed by atoms with Gasteiger partial charge in [0.25, 0.3) is 5.91 Å². The van der Waals surface area contributed by atoms with Gasteiger partial charge in [-0.1, -0.05) is 48.0 Å². The standard InChI is InChI=1S/C48H55ClN8O10/c1-26-44(62)55-36(46(64)52-25-40(60)57-21-19-38(59)42(57)43(51)61)23-27-7-17-37(58)33(22-27)34-24-31(14-18-39(34)67-3)41(47(65)53-26)56(2)48(66)35(6-4-5-20-50)54-45(63)30-10-8-28(9-11-30)29-12-15-32(49)16-13-29/h7-18,22,24,26,35-36,38,41-42,58-59H,4-6,19-21,23,25,50H2,1-3H3,(H2,51,61)(H,52,64)(H,53,65)(H,54,63)(H,55,62). The lowest BCUT2D eigenvalue weighted by Gasteiger charge is -2.32. The molecular weight excluding hydrogens is 884 g/mol. The van der Waals surface area contributed by atoms with E-state index in [1.807, 2.05) is 12.1 Å². The number of nitrogens with two attached hydrogens (primary N) is 2. The number of benzene rings is 4. The van der Waals surface area contributed by atoms with Gasteiger partial charge < -0.3 is 57.5 Å². The molecule has 0 radical (unpaired) electrons. The molecule has 6 rings (SSSR count). The van der Waals surface area contributed by atoms with Gasteiger partial charge in [0.1, 0.15) is 41.7 Å². The SMILES string of the molecule is COc1ccc2cc1-c1cc(ccc1O)CC(C(=O)NCC(=O)N1CCC(O)C1C(N)=O)NC(=O)C(C)NC(=O)C2N(C)C(=O)C(CCCCN)NC(=O)c1ccc(-c2ccc(Cl)cc2)cc1. The quantitative estimate of drug-likeness (QED) is 0.0847. The molecule has 2 aliphatic heterocycles. The molecule has 0 aromatic heterocycles. The van der Waals surface area contributed by atoms with Crippen LogP contribution in [0.3, 0.4) is 0 Å². The first-order chi connectivity index (χ1) is 32.0. The minimum absolute atomic E-state index is 0.0357. The van der Waals surface area contributed by atoms with E-state index in [-0.39, 0.29) is 48.2 Å². The van der Waals surface area contributed by atoms with Crippen molar-refractivity contribution < 1.29 is 48.5 Å². The molecule has 6 unspecified atom stereocenters. The van der Waals surface area contributed by atoms with Gasteiger partial charge in [-0.3, -0.25) is 33.6 Å². The average Bonchev–Trinajstić information content (AvgIpc) is 3.72. The zero-order valence-corrected chi connectivity index (χ0v) is 38.0. The van der Waals surface area contributed by atoms with Gasteiger partial charge in [0.2, 0.25) is 35.4 Å². The summed E-state index contributed by atoms with van der Waals surface area (Å²) in [7, 11) is 2.83. The predicted octanol–water partition coefficient (Wildman–Crippen LogP) is 1.92. The van der Waals surface area contributed by atoms with E-state index in [1.165, 1.54) is 32.0 Å². The number of aliphatic hydroxyl groups excluding tert-OH is 1. The Morgan fingerprint density at radius 2 is 1.61 bits per heavy atom. The Bertz CT molecular complexity index is 2510. The highest BCUT2D eigenvalue weighted by Crippen LogP contribution is 2.39. The maximum atomic E-state index is 14.7. The number of unbranched alkanes of at least 4 members (excludes halogenated alkanes) is 1. The van der Waals surface area contributed by atoms with Crippen molar-refractivity contribution in [2.45, 2.75) is 75.3 Å². The smallest absolute Gasteiger partial charge is 0.251 e. The first-order valence-corrected chi connectivity index (χ1v) is 22.2. The lowest BCUT2D eigenvalue weighted by Crippen LogP contribution is -2.56. The Kier molecular flexibility index (Phi) is 16.2. The number of halogens is 1. The monoisotopic (exact) mass is 938 g/mol. The van der Waals surface area contributed by atoms with Crippen molar-refractivity contribution in [3.8, 4) is 33.8 Å². The van der Waals surface area contributed by atoms with E-state index < -0.39 is 84.2 Å². The van der Waals surface area contributed by atoms with Crippen molar-refractivity contribution in [3.63, 3.8) is 0 Å². The van der Waals surface area contributed by atoms with Crippen LogP contribution in [0.15, 0.2) is 84.9 Å². The number of rotatable bonds is 14. The van der Waals surface area contributed by atoms with Gasteiger partial charge in [0, 0.05) is 41.7 Å². The second-order valence-corrected chi connectivity index (χ2v) is 17.0. The molecule has 18 nitrogen and oxygen atoms in total. The Hall–Kier alpha value is -7.02. The molecule has 0 spiro atoms. The Morgan fingerprint density at radius 1 is 0.925 bits per heavy atom. The molecule has 2 aliphatic rings. The summed E-state index contributed by atoms with van der Waals surface area (Å²) >= 11 is 6.06. The highest BCUT2D eigenvalue weighted by molar-refractivity contribution is 6.30. The number of hydrogen-bond donors (Lipinski definition) is 8. The molecule has 7 amide bonds. The van der Waals surface area contributed by atoms with E-state index in [0.29, 0.717) is 41.3 Å². The molecule has 4 aromatic carbocycles. The van der Waals surface area contributed by atoms with Crippen LogP contribution in [0.2, 0.25) is 5.02 Å². The fraction of sp³-hybridized carbons (Fsp3) is 0.354. The second kappa shape index (κ2) is 22.0. The third kappa shape index (κ3) is 11.7. The minimum Gasteiger partial charge on any atom is -0.507 e. The minimum atomic E-state index is -1.42. The van der Waals surface area contributed by atoms with Gasteiger partial charge in [0.05, 0.1) is 19.8 Å². The van der Waals surface area contributed by atoms with Crippen LogP contribution in [0.25, 0.3) is 22.3 Å². The number of aromatic hydroxyl groups is 1. The van der Waals surface area contributed by atoms with E-state index in [1.54, 1.807) is 66.7 Å². The summed E-state index contributed by atoms with van der Waals surface area (Å²) in [4.78, 5) is 98.0. The molecule has 6 atom stereocenters.